The Labute approximate surface area is 61.1 Å². The Kier molecular flexibility index (Phi) is 2.28. The van der Waals surface area contributed by atoms with E-state index in [2.05, 4.69) is 5.32 Å². The fourth-order valence-electron chi connectivity index (χ4n) is 0.906. The van der Waals surface area contributed by atoms with Crippen molar-refractivity contribution < 1.29 is 10.2 Å². The van der Waals surface area contributed by atoms with E-state index in [4.69, 9.17) is 10.2 Å². The van der Waals surface area contributed by atoms with Crippen molar-refractivity contribution >= 4 is 0 Å². The van der Waals surface area contributed by atoms with Gasteiger partial charge < -0.3 is 15.5 Å². The topological polar surface area (TPSA) is 52.5 Å². The minimum Gasteiger partial charge on any atom is -0.394 e. The lowest BCUT2D eigenvalue weighted by Crippen LogP contribution is -2.39. The maximum atomic E-state index is 8.89. The third kappa shape index (κ3) is 1.94. The van der Waals surface area contributed by atoms with Crippen LogP contribution in [-0.2, 0) is 0 Å². The second-order valence-electron chi connectivity index (χ2n) is 3.17. The van der Waals surface area contributed by atoms with Crippen LogP contribution in [0, 0.1) is 0 Å². The van der Waals surface area contributed by atoms with Gasteiger partial charge in [-0.3, -0.25) is 0 Å². The first-order chi connectivity index (χ1) is 4.68. The van der Waals surface area contributed by atoms with Crippen LogP contribution in [-0.4, -0.2) is 35.0 Å². The molecule has 3 N–H and O–H groups in total. The highest BCUT2D eigenvalue weighted by Crippen LogP contribution is 2.34. The molecular weight excluding hydrogens is 130 g/mol. The summed E-state index contributed by atoms with van der Waals surface area (Å²) in [7, 11) is 0. The van der Waals surface area contributed by atoms with Gasteiger partial charge in [0.15, 0.2) is 0 Å². The van der Waals surface area contributed by atoms with Crippen molar-refractivity contribution in [3.8, 4) is 0 Å². The summed E-state index contributed by atoms with van der Waals surface area (Å²) >= 11 is 0. The summed E-state index contributed by atoms with van der Waals surface area (Å²) in [5, 5.41) is 20.8. The first-order valence-corrected chi connectivity index (χ1v) is 3.72. The van der Waals surface area contributed by atoms with Gasteiger partial charge in [-0.2, -0.15) is 0 Å². The second kappa shape index (κ2) is 2.86. The highest BCUT2D eigenvalue weighted by atomic mass is 16.3. The number of aliphatic hydroxyl groups excluding tert-OH is 2. The van der Waals surface area contributed by atoms with E-state index in [1.54, 1.807) is 6.92 Å². The summed E-state index contributed by atoms with van der Waals surface area (Å²) in [6.45, 7) is 2.51. The summed E-state index contributed by atoms with van der Waals surface area (Å²) in [6, 6.07) is 0. The van der Waals surface area contributed by atoms with Gasteiger partial charge in [0.2, 0.25) is 0 Å². The molecule has 0 spiro atoms. The molecule has 1 saturated carbocycles. The first-order valence-electron chi connectivity index (χ1n) is 3.72. The average molecular weight is 145 g/mol. The lowest BCUT2D eigenvalue weighted by atomic mass is 10.3. The Hall–Kier alpha value is -0.120. The Balaban J connectivity index is 2.13. The van der Waals surface area contributed by atoms with Crippen molar-refractivity contribution in [2.75, 3.05) is 13.2 Å². The van der Waals surface area contributed by atoms with Gasteiger partial charge in [-0.15, -0.1) is 0 Å². The SMILES string of the molecule is C[C@H](O)CNC1(CO)CC1. The van der Waals surface area contributed by atoms with Crippen molar-refractivity contribution in [2.24, 2.45) is 0 Å². The lowest BCUT2D eigenvalue weighted by Gasteiger charge is -2.14. The highest BCUT2D eigenvalue weighted by Gasteiger charge is 2.41. The maximum Gasteiger partial charge on any atom is 0.0636 e. The molecule has 10 heavy (non-hydrogen) atoms. The molecule has 0 unspecified atom stereocenters. The zero-order valence-corrected chi connectivity index (χ0v) is 6.30. The summed E-state index contributed by atoms with van der Waals surface area (Å²) in [6.07, 6.45) is 1.76. The molecule has 3 nitrogen and oxygen atoms in total. The molecule has 0 aromatic heterocycles. The molecule has 60 valence electrons. The normalized spacial score (nSPS) is 24.3. The number of hydrogen-bond donors (Lipinski definition) is 3. The number of β-amino-alcohol motifs (C(OH)–C–C–N with tert-alkyl or cyclic N) is 1. The number of nitrogens with one attached hydrogen (secondary N) is 1. The number of hydrogen-bond acceptors (Lipinski definition) is 3. The van der Waals surface area contributed by atoms with Gasteiger partial charge >= 0.3 is 0 Å². The van der Waals surface area contributed by atoms with Crippen LogP contribution in [0.2, 0.25) is 0 Å². The van der Waals surface area contributed by atoms with Crippen molar-refractivity contribution in [3.05, 3.63) is 0 Å². The van der Waals surface area contributed by atoms with Crippen molar-refractivity contribution in [1.29, 1.82) is 0 Å². The predicted molar refractivity (Wildman–Crippen MR) is 38.7 cm³/mol. The summed E-state index contributed by atoms with van der Waals surface area (Å²) < 4.78 is 0. The van der Waals surface area contributed by atoms with Crippen LogP contribution in [0.25, 0.3) is 0 Å². The third-order valence-corrected chi connectivity index (χ3v) is 1.93. The van der Waals surface area contributed by atoms with E-state index in [1.165, 1.54) is 0 Å². The minimum absolute atomic E-state index is 0.0308. The lowest BCUT2D eigenvalue weighted by molar-refractivity contribution is 0.167. The number of aliphatic hydroxyl groups is 2. The van der Waals surface area contributed by atoms with E-state index >= 15 is 0 Å². The molecule has 0 aliphatic heterocycles. The largest absolute Gasteiger partial charge is 0.394 e. The van der Waals surface area contributed by atoms with Crippen LogP contribution in [0.15, 0.2) is 0 Å². The molecule has 1 rings (SSSR count). The molecule has 0 aromatic rings. The molecule has 0 aromatic carbocycles. The smallest absolute Gasteiger partial charge is 0.0636 e. The third-order valence-electron chi connectivity index (χ3n) is 1.93. The van der Waals surface area contributed by atoms with Crippen LogP contribution in [0.5, 0.6) is 0 Å². The zero-order chi connectivity index (χ0) is 7.61. The van der Waals surface area contributed by atoms with Crippen molar-refractivity contribution in [1.82, 2.24) is 5.32 Å². The van der Waals surface area contributed by atoms with E-state index in [-0.39, 0.29) is 18.2 Å². The van der Waals surface area contributed by atoms with Crippen LogP contribution < -0.4 is 5.32 Å². The molecule has 3 heteroatoms. The zero-order valence-electron chi connectivity index (χ0n) is 6.30. The van der Waals surface area contributed by atoms with Gasteiger partial charge in [0.05, 0.1) is 12.7 Å². The quantitative estimate of drug-likeness (QED) is 0.499. The molecule has 1 atom stereocenters. The van der Waals surface area contributed by atoms with E-state index in [9.17, 15) is 0 Å². The fourth-order valence-corrected chi connectivity index (χ4v) is 0.906. The molecular formula is C7H15NO2. The standard InChI is InChI=1S/C7H15NO2/c1-6(10)4-8-7(5-9)2-3-7/h6,8-10H,2-5H2,1H3/t6-/m0/s1. The Morgan fingerprint density at radius 1 is 1.60 bits per heavy atom. The summed E-state index contributed by atoms with van der Waals surface area (Å²) in [4.78, 5) is 0. The van der Waals surface area contributed by atoms with E-state index in [0.717, 1.165) is 12.8 Å². The van der Waals surface area contributed by atoms with Gasteiger partial charge in [0.1, 0.15) is 0 Å². The number of rotatable bonds is 4. The van der Waals surface area contributed by atoms with Gasteiger partial charge in [0.25, 0.3) is 0 Å². The predicted octanol–water partition coefficient (Wildman–Crippen LogP) is -0.518. The first kappa shape index (κ1) is 7.98. The van der Waals surface area contributed by atoms with E-state index in [1.807, 2.05) is 0 Å². The molecule has 1 fully saturated rings. The molecule has 0 radical (unpaired) electrons. The molecule has 0 heterocycles. The molecule has 1 aliphatic rings. The van der Waals surface area contributed by atoms with Crippen LogP contribution >= 0.6 is 0 Å². The van der Waals surface area contributed by atoms with E-state index in [0.29, 0.717) is 6.54 Å². The maximum absolute atomic E-state index is 8.89. The fraction of sp³-hybridized carbons (Fsp3) is 1.00. The van der Waals surface area contributed by atoms with Gasteiger partial charge in [0, 0.05) is 12.1 Å². The molecule has 0 bridgehead atoms. The second-order valence-corrected chi connectivity index (χ2v) is 3.17. The Bertz CT molecular complexity index is 110. The monoisotopic (exact) mass is 145 g/mol. The molecule has 0 amide bonds. The van der Waals surface area contributed by atoms with Crippen LogP contribution in [0.4, 0.5) is 0 Å². The highest BCUT2D eigenvalue weighted by molar-refractivity contribution is 5.01. The Morgan fingerprint density at radius 3 is 2.50 bits per heavy atom. The van der Waals surface area contributed by atoms with Crippen LogP contribution in [0.3, 0.4) is 0 Å². The summed E-state index contributed by atoms with van der Waals surface area (Å²) in [5.41, 5.74) is -0.0308. The van der Waals surface area contributed by atoms with Gasteiger partial charge in [-0.1, -0.05) is 0 Å². The van der Waals surface area contributed by atoms with E-state index < -0.39 is 0 Å². The minimum atomic E-state index is -0.316. The average Bonchev–Trinajstić information content (AvgIpc) is 2.64. The Morgan fingerprint density at radius 2 is 2.20 bits per heavy atom. The van der Waals surface area contributed by atoms with Crippen LogP contribution in [0.1, 0.15) is 19.8 Å². The molecule has 1 aliphatic carbocycles. The van der Waals surface area contributed by atoms with Crippen molar-refractivity contribution in [3.63, 3.8) is 0 Å². The molecule has 0 saturated heterocycles. The van der Waals surface area contributed by atoms with Crippen molar-refractivity contribution in [2.45, 2.75) is 31.4 Å². The van der Waals surface area contributed by atoms with Gasteiger partial charge in [-0.05, 0) is 19.8 Å². The van der Waals surface area contributed by atoms with Gasteiger partial charge in [-0.25, -0.2) is 0 Å². The summed E-state index contributed by atoms with van der Waals surface area (Å²) in [5.74, 6) is 0.